The highest BCUT2D eigenvalue weighted by molar-refractivity contribution is 8.00. The first-order valence-corrected chi connectivity index (χ1v) is 9.19. The molecule has 102 valence electrons. The van der Waals surface area contributed by atoms with Crippen LogP contribution in [-0.2, 0) is 16.6 Å². The largest absolute Gasteiger partial charge is 0.391 e. The normalized spacial score (nSPS) is 20.4. The van der Waals surface area contributed by atoms with E-state index < -0.39 is 10.0 Å². The van der Waals surface area contributed by atoms with E-state index in [1.807, 2.05) is 11.8 Å². The van der Waals surface area contributed by atoms with Crippen molar-refractivity contribution in [2.75, 3.05) is 12.3 Å². The van der Waals surface area contributed by atoms with E-state index in [2.05, 4.69) is 4.72 Å². The topological polar surface area (TPSA) is 66.4 Å². The summed E-state index contributed by atoms with van der Waals surface area (Å²) in [5.74, 6) is 1.12. The van der Waals surface area contributed by atoms with Crippen molar-refractivity contribution in [3.05, 3.63) is 15.8 Å². The van der Waals surface area contributed by atoms with Crippen molar-refractivity contribution in [3.8, 4) is 0 Å². The minimum atomic E-state index is -3.43. The lowest BCUT2D eigenvalue weighted by Gasteiger charge is -2.10. The van der Waals surface area contributed by atoms with E-state index in [9.17, 15) is 8.42 Å². The molecule has 0 radical (unpaired) electrons. The molecule has 7 heteroatoms. The number of aliphatic hydroxyl groups is 1. The third kappa shape index (κ3) is 3.27. The standard InChI is InChI=1S/C11H17NO3S3/c1-8-11(5-10(7-13)17-8)18(14,15)12-6-9-3-2-4-16-9/h5,9,12-13H,2-4,6-7H2,1H3. The van der Waals surface area contributed by atoms with Crippen LogP contribution in [0.1, 0.15) is 22.6 Å². The second kappa shape index (κ2) is 5.92. The third-order valence-electron chi connectivity index (χ3n) is 2.89. The van der Waals surface area contributed by atoms with Gasteiger partial charge in [-0.25, -0.2) is 13.1 Å². The first-order valence-electron chi connectivity index (χ1n) is 5.84. The maximum atomic E-state index is 12.1. The molecule has 0 aliphatic carbocycles. The van der Waals surface area contributed by atoms with Gasteiger partial charge in [-0.05, 0) is 31.6 Å². The Kier molecular flexibility index (Phi) is 4.71. The van der Waals surface area contributed by atoms with E-state index in [0.29, 0.717) is 21.6 Å². The Balaban J connectivity index is 2.06. The number of sulfonamides is 1. The molecule has 0 aromatic carbocycles. The van der Waals surface area contributed by atoms with Crippen LogP contribution in [0.25, 0.3) is 0 Å². The summed E-state index contributed by atoms with van der Waals surface area (Å²) < 4.78 is 27.0. The van der Waals surface area contributed by atoms with Gasteiger partial charge in [0.15, 0.2) is 0 Å². The van der Waals surface area contributed by atoms with Crippen LogP contribution < -0.4 is 4.72 Å². The third-order valence-corrected chi connectivity index (χ3v) is 7.01. The van der Waals surface area contributed by atoms with Gasteiger partial charge in [-0.1, -0.05) is 0 Å². The van der Waals surface area contributed by atoms with Crippen LogP contribution in [0.2, 0.25) is 0 Å². The number of rotatable bonds is 5. The molecular formula is C11H17NO3S3. The summed E-state index contributed by atoms with van der Waals surface area (Å²) in [4.78, 5) is 1.72. The zero-order chi connectivity index (χ0) is 13.2. The summed E-state index contributed by atoms with van der Waals surface area (Å²) in [5, 5.41) is 9.43. The number of aliphatic hydroxyl groups excluding tert-OH is 1. The van der Waals surface area contributed by atoms with Gasteiger partial charge in [0.2, 0.25) is 10.0 Å². The van der Waals surface area contributed by atoms with E-state index in [4.69, 9.17) is 5.11 Å². The lowest BCUT2D eigenvalue weighted by atomic mass is 10.2. The van der Waals surface area contributed by atoms with Gasteiger partial charge in [0.05, 0.1) is 11.5 Å². The summed E-state index contributed by atoms with van der Waals surface area (Å²) in [6.45, 7) is 2.15. The van der Waals surface area contributed by atoms with Crippen LogP contribution in [0.5, 0.6) is 0 Å². The smallest absolute Gasteiger partial charge is 0.241 e. The quantitative estimate of drug-likeness (QED) is 0.869. The molecule has 2 heterocycles. The second-order valence-electron chi connectivity index (χ2n) is 4.28. The second-order valence-corrected chi connectivity index (χ2v) is 8.76. The molecule has 1 aromatic heterocycles. The van der Waals surface area contributed by atoms with Crippen molar-refractivity contribution in [2.24, 2.45) is 0 Å². The Labute approximate surface area is 116 Å². The molecule has 18 heavy (non-hydrogen) atoms. The van der Waals surface area contributed by atoms with E-state index in [1.54, 1.807) is 13.0 Å². The fraction of sp³-hybridized carbons (Fsp3) is 0.636. The van der Waals surface area contributed by atoms with Crippen molar-refractivity contribution in [2.45, 2.75) is 36.5 Å². The molecule has 1 saturated heterocycles. The van der Waals surface area contributed by atoms with Gasteiger partial charge < -0.3 is 5.11 Å². The zero-order valence-corrected chi connectivity index (χ0v) is 12.6. The molecule has 0 bridgehead atoms. The molecule has 0 amide bonds. The first kappa shape index (κ1) is 14.3. The number of nitrogens with one attached hydrogen (secondary N) is 1. The molecule has 1 aliphatic rings. The first-order chi connectivity index (χ1) is 8.53. The Bertz CT molecular complexity index is 504. The number of thiophene rings is 1. The Morgan fingerprint density at radius 1 is 1.56 bits per heavy atom. The van der Waals surface area contributed by atoms with Gasteiger partial charge >= 0.3 is 0 Å². The van der Waals surface area contributed by atoms with Gasteiger partial charge in [0.25, 0.3) is 0 Å². The zero-order valence-electron chi connectivity index (χ0n) is 10.2. The Morgan fingerprint density at radius 3 is 2.89 bits per heavy atom. The summed E-state index contributed by atoms with van der Waals surface area (Å²) in [6.07, 6.45) is 2.25. The fourth-order valence-electron chi connectivity index (χ4n) is 1.95. The van der Waals surface area contributed by atoms with Crippen molar-refractivity contribution < 1.29 is 13.5 Å². The summed E-state index contributed by atoms with van der Waals surface area (Å²) in [5.41, 5.74) is 0. The molecule has 1 aliphatic heterocycles. The van der Waals surface area contributed by atoms with Crippen LogP contribution >= 0.6 is 23.1 Å². The van der Waals surface area contributed by atoms with Gasteiger partial charge in [0.1, 0.15) is 0 Å². The van der Waals surface area contributed by atoms with Crippen molar-refractivity contribution in [1.29, 1.82) is 0 Å². The lowest BCUT2D eigenvalue weighted by Crippen LogP contribution is -2.29. The van der Waals surface area contributed by atoms with Crippen LogP contribution in [0.3, 0.4) is 0 Å². The maximum Gasteiger partial charge on any atom is 0.241 e. The monoisotopic (exact) mass is 307 g/mol. The van der Waals surface area contributed by atoms with Crippen LogP contribution in [0.15, 0.2) is 11.0 Å². The average molecular weight is 307 g/mol. The minimum absolute atomic E-state index is 0.112. The molecular weight excluding hydrogens is 290 g/mol. The van der Waals surface area contributed by atoms with Gasteiger partial charge in [0, 0.05) is 21.5 Å². The number of thioether (sulfide) groups is 1. The highest BCUT2D eigenvalue weighted by Gasteiger charge is 2.22. The van der Waals surface area contributed by atoms with E-state index >= 15 is 0 Å². The van der Waals surface area contributed by atoms with Gasteiger partial charge in [-0.3, -0.25) is 0 Å². The molecule has 4 nitrogen and oxygen atoms in total. The van der Waals surface area contributed by atoms with Crippen molar-refractivity contribution >= 4 is 33.1 Å². The maximum absolute atomic E-state index is 12.1. The summed E-state index contributed by atoms with van der Waals surface area (Å²) in [7, 11) is -3.43. The van der Waals surface area contributed by atoms with Gasteiger partial charge in [-0.15, -0.1) is 11.3 Å². The van der Waals surface area contributed by atoms with Crippen LogP contribution in [0.4, 0.5) is 0 Å². The molecule has 1 atom stereocenters. The molecule has 1 fully saturated rings. The Morgan fingerprint density at radius 2 is 2.33 bits per heavy atom. The van der Waals surface area contributed by atoms with Gasteiger partial charge in [-0.2, -0.15) is 11.8 Å². The number of hydrogen-bond acceptors (Lipinski definition) is 5. The molecule has 0 spiro atoms. The molecule has 2 N–H and O–H groups in total. The Hall–Kier alpha value is -0.0800. The number of hydrogen-bond donors (Lipinski definition) is 2. The van der Waals surface area contributed by atoms with Crippen molar-refractivity contribution in [1.82, 2.24) is 4.72 Å². The molecule has 0 saturated carbocycles. The predicted octanol–water partition coefficient (Wildman–Crippen LogP) is 1.72. The van der Waals surface area contributed by atoms with Crippen LogP contribution in [0, 0.1) is 6.92 Å². The molecule has 1 aromatic rings. The predicted molar refractivity (Wildman–Crippen MR) is 75.6 cm³/mol. The minimum Gasteiger partial charge on any atom is -0.391 e. The highest BCUT2D eigenvalue weighted by atomic mass is 32.2. The van der Waals surface area contributed by atoms with E-state index in [1.165, 1.54) is 17.8 Å². The van der Waals surface area contributed by atoms with E-state index in [-0.39, 0.29) is 6.61 Å². The summed E-state index contributed by atoms with van der Waals surface area (Å²) >= 11 is 3.15. The molecule has 2 rings (SSSR count). The van der Waals surface area contributed by atoms with Crippen LogP contribution in [-0.4, -0.2) is 31.1 Å². The SMILES string of the molecule is Cc1sc(CO)cc1S(=O)(=O)NCC1CCCS1. The fourth-order valence-corrected chi connectivity index (χ4v) is 5.84. The molecule has 1 unspecified atom stereocenters. The average Bonchev–Trinajstić information content (AvgIpc) is 2.95. The van der Waals surface area contributed by atoms with E-state index in [0.717, 1.165) is 17.1 Å². The lowest BCUT2D eigenvalue weighted by molar-refractivity contribution is 0.285. The highest BCUT2D eigenvalue weighted by Crippen LogP contribution is 2.28. The van der Waals surface area contributed by atoms with Crippen molar-refractivity contribution in [3.63, 3.8) is 0 Å². The number of aryl methyl sites for hydroxylation is 1. The summed E-state index contributed by atoms with van der Waals surface area (Å²) in [6, 6.07) is 1.56.